The molecule has 0 heterocycles. The van der Waals surface area contributed by atoms with Gasteiger partial charge in [-0.05, 0) is 47.5 Å². The maximum absolute atomic E-state index is 12.0. The number of benzene rings is 3. The summed E-state index contributed by atoms with van der Waals surface area (Å²) in [5, 5.41) is 5.54. The minimum absolute atomic E-state index is 0.0873. The van der Waals surface area contributed by atoms with Crippen molar-refractivity contribution in [2.75, 3.05) is 11.9 Å². The standard InChI is InChI=1S/C19H16ClNO2/c1-13-6-9-17(20)18(10-13)23-12-19(22)21-16-8-7-14-4-2-3-5-15(14)11-16/h2-11H,12H2,1H3,(H,21,22). The maximum atomic E-state index is 12.0. The van der Waals surface area contributed by atoms with Crippen molar-refractivity contribution in [2.24, 2.45) is 0 Å². The molecule has 0 spiro atoms. The highest BCUT2D eigenvalue weighted by atomic mass is 35.5. The predicted molar refractivity (Wildman–Crippen MR) is 94.3 cm³/mol. The Labute approximate surface area is 139 Å². The zero-order valence-electron chi connectivity index (χ0n) is 12.7. The summed E-state index contributed by atoms with van der Waals surface area (Å²) in [4.78, 5) is 12.0. The molecule has 3 aromatic carbocycles. The first-order valence-corrected chi connectivity index (χ1v) is 7.67. The number of hydrogen-bond donors (Lipinski definition) is 1. The van der Waals surface area contributed by atoms with Crippen LogP contribution in [0.15, 0.2) is 60.7 Å². The van der Waals surface area contributed by atoms with Gasteiger partial charge in [-0.1, -0.05) is 48.0 Å². The number of carbonyl (C=O) groups excluding carboxylic acids is 1. The Morgan fingerprint density at radius 1 is 1.04 bits per heavy atom. The Morgan fingerprint density at radius 3 is 2.65 bits per heavy atom. The van der Waals surface area contributed by atoms with Crippen LogP contribution in [0.1, 0.15) is 5.56 Å². The van der Waals surface area contributed by atoms with Gasteiger partial charge in [0.25, 0.3) is 5.91 Å². The number of nitrogens with one attached hydrogen (secondary N) is 1. The second-order valence-corrected chi connectivity index (χ2v) is 5.74. The van der Waals surface area contributed by atoms with Crippen LogP contribution in [0, 0.1) is 6.92 Å². The maximum Gasteiger partial charge on any atom is 0.262 e. The molecule has 0 radical (unpaired) electrons. The van der Waals surface area contributed by atoms with Crippen molar-refractivity contribution >= 4 is 34.0 Å². The highest BCUT2D eigenvalue weighted by Crippen LogP contribution is 2.25. The average Bonchev–Trinajstić information content (AvgIpc) is 2.55. The van der Waals surface area contributed by atoms with Gasteiger partial charge in [-0.3, -0.25) is 4.79 Å². The van der Waals surface area contributed by atoms with E-state index in [1.54, 1.807) is 6.07 Å². The number of rotatable bonds is 4. The third-order valence-electron chi connectivity index (χ3n) is 3.48. The third kappa shape index (κ3) is 3.82. The first kappa shape index (κ1) is 15.4. The van der Waals surface area contributed by atoms with E-state index in [1.165, 1.54) is 0 Å². The Morgan fingerprint density at radius 2 is 1.83 bits per heavy atom. The molecule has 0 unspecified atom stereocenters. The van der Waals surface area contributed by atoms with Crippen LogP contribution in [0.4, 0.5) is 5.69 Å². The molecule has 3 nitrogen and oxygen atoms in total. The van der Waals surface area contributed by atoms with Crippen molar-refractivity contribution in [2.45, 2.75) is 6.92 Å². The first-order chi connectivity index (χ1) is 11.1. The summed E-state index contributed by atoms with van der Waals surface area (Å²) in [6, 6.07) is 19.2. The van der Waals surface area contributed by atoms with Gasteiger partial charge in [0.1, 0.15) is 5.75 Å². The van der Waals surface area contributed by atoms with Crippen LogP contribution in [0.2, 0.25) is 5.02 Å². The molecule has 0 aliphatic rings. The van der Waals surface area contributed by atoms with Crippen LogP contribution >= 0.6 is 11.6 Å². The molecule has 116 valence electrons. The fourth-order valence-corrected chi connectivity index (χ4v) is 2.50. The van der Waals surface area contributed by atoms with Crippen LogP contribution in [-0.2, 0) is 4.79 Å². The summed E-state index contributed by atoms with van der Waals surface area (Å²) in [6.07, 6.45) is 0. The number of aryl methyl sites for hydroxylation is 1. The molecule has 0 aliphatic carbocycles. The fourth-order valence-electron chi connectivity index (χ4n) is 2.33. The van der Waals surface area contributed by atoms with Crippen molar-refractivity contribution in [3.05, 3.63) is 71.2 Å². The molecule has 4 heteroatoms. The first-order valence-electron chi connectivity index (χ1n) is 7.29. The van der Waals surface area contributed by atoms with Crippen LogP contribution in [0.5, 0.6) is 5.75 Å². The molecule has 3 aromatic rings. The SMILES string of the molecule is Cc1ccc(Cl)c(OCC(=O)Nc2ccc3ccccc3c2)c1. The van der Waals surface area contributed by atoms with Crippen LogP contribution in [-0.4, -0.2) is 12.5 Å². The fraction of sp³-hybridized carbons (Fsp3) is 0.105. The molecule has 0 aliphatic heterocycles. The van der Waals surface area contributed by atoms with E-state index in [0.717, 1.165) is 22.0 Å². The molecular formula is C19H16ClNO2. The quantitative estimate of drug-likeness (QED) is 0.747. The molecule has 1 amide bonds. The Bertz CT molecular complexity index is 861. The van der Waals surface area contributed by atoms with Crippen LogP contribution in [0.25, 0.3) is 10.8 Å². The summed E-state index contributed by atoms with van der Waals surface area (Å²) in [5.41, 5.74) is 1.77. The largest absolute Gasteiger partial charge is 0.482 e. The number of fused-ring (bicyclic) bond motifs is 1. The van der Waals surface area contributed by atoms with Gasteiger partial charge in [0.05, 0.1) is 5.02 Å². The molecule has 0 aromatic heterocycles. The molecule has 23 heavy (non-hydrogen) atoms. The number of ether oxygens (including phenoxy) is 1. The summed E-state index contributed by atoms with van der Waals surface area (Å²) in [7, 11) is 0. The van der Waals surface area contributed by atoms with E-state index in [1.807, 2.05) is 61.5 Å². The second-order valence-electron chi connectivity index (χ2n) is 5.33. The normalized spacial score (nSPS) is 10.5. The topological polar surface area (TPSA) is 38.3 Å². The zero-order valence-corrected chi connectivity index (χ0v) is 13.4. The lowest BCUT2D eigenvalue weighted by molar-refractivity contribution is -0.118. The highest BCUT2D eigenvalue weighted by molar-refractivity contribution is 6.32. The van der Waals surface area contributed by atoms with E-state index in [0.29, 0.717) is 10.8 Å². The van der Waals surface area contributed by atoms with E-state index in [2.05, 4.69) is 5.32 Å². The van der Waals surface area contributed by atoms with Crippen molar-refractivity contribution < 1.29 is 9.53 Å². The second kappa shape index (κ2) is 6.71. The molecule has 3 rings (SSSR count). The molecule has 0 fully saturated rings. The van der Waals surface area contributed by atoms with Crippen molar-refractivity contribution in [1.82, 2.24) is 0 Å². The summed E-state index contributed by atoms with van der Waals surface area (Å²) >= 11 is 6.05. The zero-order chi connectivity index (χ0) is 16.2. The summed E-state index contributed by atoms with van der Waals surface area (Å²) < 4.78 is 5.50. The number of halogens is 1. The Hall–Kier alpha value is -2.52. The molecule has 0 saturated carbocycles. The van der Waals surface area contributed by atoms with Crippen LogP contribution in [0.3, 0.4) is 0 Å². The van der Waals surface area contributed by atoms with Gasteiger partial charge in [-0.25, -0.2) is 0 Å². The third-order valence-corrected chi connectivity index (χ3v) is 3.79. The lowest BCUT2D eigenvalue weighted by atomic mass is 10.1. The summed E-state index contributed by atoms with van der Waals surface area (Å²) in [6.45, 7) is 1.86. The summed E-state index contributed by atoms with van der Waals surface area (Å²) in [5.74, 6) is 0.290. The average molecular weight is 326 g/mol. The molecule has 0 bridgehead atoms. The minimum atomic E-state index is -0.224. The number of anilines is 1. The minimum Gasteiger partial charge on any atom is -0.482 e. The highest BCUT2D eigenvalue weighted by Gasteiger charge is 2.07. The van der Waals surface area contributed by atoms with Gasteiger partial charge in [0.2, 0.25) is 0 Å². The lowest BCUT2D eigenvalue weighted by Gasteiger charge is -2.10. The van der Waals surface area contributed by atoms with E-state index in [9.17, 15) is 4.79 Å². The molecule has 0 saturated heterocycles. The lowest BCUT2D eigenvalue weighted by Crippen LogP contribution is -2.20. The van der Waals surface area contributed by atoms with Gasteiger partial charge in [-0.15, -0.1) is 0 Å². The van der Waals surface area contributed by atoms with E-state index < -0.39 is 0 Å². The van der Waals surface area contributed by atoms with E-state index >= 15 is 0 Å². The number of carbonyl (C=O) groups is 1. The number of hydrogen-bond acceptors (Lipinski definition) is 2. The van der Waals surface area contributed by atoms with Crippen molar-refractivity contribution in [3.63, 3.8) is 0 Å². The molecule has 0 atom stereocenters. The van der Waals surface area contributed by atoms with E-state index in [-0.39, 0.29) is 12.5 Å². The molecular weight excluding hydrogens is 310 g/mol. The van der Waals surface area contributed by atoms with Crippen LogP contribution < -0.4 is 10.1 Å². The van der Waals surface area contributed by atoms with Gasteiger partial charge < -0.3 is 10.1 Å². The van der Waals surface area contributed by atoms with Gasteiger partial charge in [0, 0.05) is 5.69 Å². The smallest absolute Gasteiger partial charge is 0.262 e. The Kier molecular flexibility index (Phi) is 4.49. The van der Waals surface area contributed by atoms with Gasteiger partial charge in [0.15, 0.2) is 6.61 Å². The Balaban J connectivity index is 1.65. The van der Waals surface area contributed by atoms with Gasteiger partial charge in [-0.2, -0.15) is 0 Å². The molecule has 1 N–H and O–H groups in total. The number of amides is 1. The van der Waals surface area contributed by atoms with Gasteiger partial charge >= 0.3 is 0 Å². The van der Waals surface area contributed by atoms with Crippen molar-refractivity contribution in [1.29, 1.82) is 0 Å². The van der Waals surface area contributed by atoms with Crippen molar-refractivity contribution in [3.8, 4) is 5.75 Å². The van der Waals surface area contributed by atoms with E-state index in [4.69, 9.17) is 16.3 Å². The monoisotopic (exact) mass is 325 g/mol. The predicted octanol–water partition coefficient (Wildman–Crippen LogP) is 4.82.